The van der Waals surface area contributed by atoms with Gasteiger partial charge in [0.25, 0.3) is 5.91 Å². The Morgan fingerprint density at radius 3 is 2.38 bits per heavy atom. The summed E-state index contributed by atoms with van der Waals surface area (Å²) in [7, 11) is -4.08. The lowest BCUT2D eigenvalue weighted by Crippen LogP contribution is -2.60. The summed E-state index contributed by atoms with van der Waals surface area (Å²) in [5.74, 6) is -6.68. The normalized spacial score (nSPS) is 27.2. The van der Waals surface area contributed by atoms with Crippen LogP contribution in [0.4, 0.5) is 26.3 Å². The van der Waals surface area contributed by atoms with E-state index in [1.807, 2.05) is 0 Å². The summed E-state index contributed by atoms with van der Waals surface area (Å²) >= 11 is 0. The van der Waals surface area contributed by atoms with Crippen molar-refractivity contribution in [2.45, 2.75) is 56.5 Å². The zero-order valence-corrected chi connectivity index (χ0v) is 20.3. The van der Waals surface area contributed by atoms with E-state index >= 15 is 4.39 Å². The number of carbonyl (C=O) groups is 1. The molecule has 1 heterocycles. The van der Waals surface area contributed by atoms with E-state index in [1.165, 1.54) is 25.1 Å². The number of amides is 1. The van der Waals surface area contributed by atoms with Gasteiger partial charge in [0.1, 0.15) is 17.5 Å². The van der Waals surface area contributed by atoms with Crippen molar-refractivity contribution in [1.29, 1.82) is 0 Å². The van der Waals surface area contributed by atoms with Crippen molar-refractivity contribution >= 4 is 15.9 Å². The summed E-state index contributed by atoms with van der Waals surface area (Å²) in [6, 6.07) is 1.46. The number of benzene rings is 2. The Morgan fingerprint density at radius 1 is 1.19 bits per heavy atom. The van der Waals surface area contributed by atoms with Gasteiger partial charge in [-0.25, -0.2) is 26.3 Å². The topological polar surface area (TPSA) is 86.7 Å². The third-order valence-electron chi connectivity index (χ3n) is 6.63. The standard InChI is InChI=1S/C24H24F6N2O4S/c1-3-37(35,36)31-21-17-11-18(17)32(22(33)23(2,34)24(28,29)30)19(21)9-12-5-4-6-16(20(12)27)13-7-14(25)10-15(26)8-13/h4-8,10,17-19,21,31,34H,3,9,11H2,1-2H3/t17-,18+,19+,21+,23-/m0/s1/i11D2. The van der Waals surface area contributed by atoms with E-state index in [2.05, 4.69) is 4.72 Å². The Bertz CT molecular complexity index is 1400. The van der Waals surface area contributed by atoms with Crippen LogP contribution in [0.15, 0.2) is 36.4 Å². The van der Waals surface area contributed by atoms with Gasteiger partial charge in [0.15, 0.2) is 0 Å². The number of nitrogens with one attached hydrogen (secondary N) is 1. The Kier molecular flexibility index (Phi) is 6.19. The van der Waals surface area contributed by atoms with E-state index in [9.17, 15) is 40.3 Å². The maximum absolute atomic E-state index is 15.6. The molecule has 0 radical (unpaired) electrons. The molecule has 0 bridgehead atoms. The van der Waals surface area contributed by atoms with Crippen molar-refractivity contribution < 1.29 is 47.4 Å². The lowest BCUT2D eigenvalue weighted by Gasteiger charge is -2.37. The first-order chi connectivity index (χ1) is 17.8. The number of carbonyl (C=O) groups excluding carboxylic acids is 1. The molecular weight excluding hydrogens is 526 g/mol. The van der Waals surface area contributed by atoms with Crippen LogP contribution in [-0.4, -0.2) is 60.0 Å². The molecule has 0 spiro atoms. The van der Waals surface area contributed by atoms with Crippen LogP contribution in [0.5, 0.6) is 0 Å². The number of rotatable bonds is 7. The average Bonchev–Trinajstić information content (AvgIpc) is 3.20. The van der Waals surface area contributed by atoms with Gasteiger partial charge >= 0.3 is 6.18 Å². The van der Waals surface area contributed by atoms with Gasteiger partial charge in [-0.3, -0.25) is 4.79 Å². The number of piperidine rings is 1. The Hall–Kier alpha value is -2.64. The van der Waals surface area contributed by atoms with Gasteiger partial charge in [0.05, 0.1) is 11.8 Å². The van der Waals surface area contributed by atoms with E-state index in [1.54, 1.807) is 0 Å². The molecule has 2 aromatic carbocycles. The molecule has 2 aliphatic rings. The van der Waals surface area contributed by atoms with Crippen molar-refractivity contribution in [1.82, 2.24) is 9.62 Å². The number of hydrogen-bond acceptors (Lipinski definition) is 4. The second kappa shape index (κ2) is 9.28. The van der Waals surface area contributed by atoms with Gasteiger partial charge < -0.3 is 10.0 Å². The highest BCUT2D eigenvalue weighted by Crippen LogP contribution is 2.51. The molecule has 1 aliphatic heterocycles. The molecule has 1 saturated heterocycles. The number of likely N-dealkylation sites (tertiary alicyclic amines) is 1. The first kappa shape index (κ1) is 24.7. The van der Waals surface area contributed by atoms with E-state index < -0.39 is 87.7 Å². The number of nitrogens with zero attached hydrogens (tertiary/aromatic N) is 1. The van der Waals surface area contributed by atoms with Gasteiger partial charge in [0, 0.05) is 26.5 Å². The van der Waals surface area contributed by atoms with E-state index in [4.69, 9.17) is 2.74 Å². The van der Waals surface area contributed by atoms with Crippen molar-refractivity contribution in [3.8, 4) is 11.1 Å². The molecule has 13 heteroatoms. The second-order valence-corrected chi connectivity index (χ2v) is 11.2. The largest absolute Gasteiger partial charge is 0.426 e. The minimum absolute atomic E-state index is 0.186. The number of aliphatic hydroxyl groups is 1. The number of hydrogen-bond donors (Lipinski definition) is 2. The van der Waals surface area contributed by atoms with Crippen molar-refractivity contribution in [2.75, 3.05) is 5.75 Å². The molecule has 37 heavy (non-hydrogen) atoms. The van der Waals surface area contributed by atoms with Crippen molar-refractivity contribution in [3.05, 3.63) is 59.4 Å². The Labute approximate surface area is 212 Å². The van der Waals surface area contributed by atoms with Crippen molar-refractivity contribution in [3.63, 3.8) is 0 Å². The highest BCUT2D eigenvalue weighted by Gasteiger charge is 2.66. The number of halogens is 6. The van der Waals surface area contributed by atoms with Crippen LogP contribution in [0.3, 0.4) is 0 Å². The third-order valence-corrected chi connectivity index (χ3v) is 8.02. The highest BCUT2D eigenvalue weighted by molar-refractivity contribution is 7.89. The lowest BCUT2D eigenvalue weighted by molar-refractivity contribution is -0.251. The molecule has 202 valence electrons. The molecule has 1 aliphatic carbocycles. The third kappa shape index (κ3) is 5.08. The molecule has 1 amide bonds. The Morgan fingerprint density at radius 2 is 1.81 bits per heavy atom. The van der Waals surface area contributed by atoms with E-state index in [0.29, 0.717) is 11.0 Å². The van der Waals surface area contributed by atoms with Crippen LogP contribution < -0.4 is 4.72 Å². The molecule has 1 saturated carbocycles. The lowest BCUT2D eigenvalue weighted by atomic mass is 9.93. The quantitative estimate of drug-likeness (QED) is 0.515. The fraction of sp³-hybridized carbons (Fsp3) is 0.458. The predicted molar refractivity (Wildman–Crippen MR) is 121 cm³/mol. The monoisotopic (exact) mass is 552 g/mol. The molecule has 2 N–H and O–H groups in total. The first-order valence-electron chi connectivity index (χ1n) is 12.2. The summed E-state index contributed by atoms with van der Waals surface area (Å²) in [6.07, 6.45) is -8.36. The average molecular weight is 553 g/mol. The highest BCUT2D eigenvalue weighted by atomic mass is 32.2. The van der Waals surface area contributed by atoms with Crippen molar-refractivity contribution in [2.24, 2.45) is 5.92 Å². The van der Waals surface area contributed by atoms with Crippen LogP contribution in [0.25, 0.3) is 11.1 Å². The molecule has 2 fully saturated rings. The molecule has 0 unspecified atom stereocenters. The van der Waals surface area contributed by atoms with E-state index in [0.717, 1.165) is 12.1 Å². The van der Waals surface area contributed by atoms with Crippen LogP contribution in [0, 0.1) is 23.4 Å². The molecular formula is C24H24F6N2O4S. The maximum atomic E-state index is 15.6. The fourth-order valence-electron chi connectivity index (χ4n) is 4.53. The molecule has 0 aromatic heterocycles. The zero-order valence-electron chi connectivity index (χ0n) is 21.5. The minimum Gasteiger partial charge on any atom is -0.373 e. The summed E-state index contributed by atoms with van der Waals surface area (Å²) < 4.78 is 127. The molecule has 4 rings (SSSR count). The molecule has 5 atom stereocenters. The number of fused-ring (bicyclic) bond motifs is 1. The van der Waals surface area contributed by atoms with Crippen LogP contribution in [0.2, 0.25) is 0 Å². The first-order valence-corrected chi connectivity index (χ1v) is 12.8. The zero-order chi connectivity index (χ0) is 29.3. The van der Waals surface area contributed by atoms with Crippen LogP contribution in [0.1, 0.15) is 28.5 Å². The summed E-state index contributed by atoms with van der Waals surface area (Å²) in [6.45, 7) is 1.46. The van der Waals surface area contributed by atoms with Gasteiger partial charge in [-0.1, -0.05) is 18.2 Å². The number of alkyl halides is 3. The maximum Gasteiger partial charge on any atom is 0.426 e. The minimum atomic E-state index is -5.46. The summed E-state index contributed by atoms with van der Waals surface area (Å²) in [4.78, 5) is 13.6. The fourth-order valence-corrected chi connectivity index (χ4v) is 5.41. The van der Waals surface area contributed by atoms with Crippen LogP contribution >= 0.6 is 0 Å². The van der Waals surface area contributed by atoms with Gasteiger partial charge in [-0.2, -0.15) is 13.2 Å². The predicted octanol–water partition coefficient (Wildman–Crippen LogP) is 3.53. The summed E-state index contributed by atoms with van der Waals surface area (Å²) in [5.41, 5.74) is -4.65. The molecule has 6 nitrogen and oxygen atoms in total. The SMILES string of the molecule is [2H]C1([2H])[C@@H]2[C@@H](NS(=O)(=O)CC)[C@@H](Cc3cccc(-c4cc(F)cc(F)c4)c3F)N(C(=O)[C@](C)(O)C(F)(F)F)[C@@H]21. The smallest absolute Gasteiger partial charge is 0.373 e. The van der Waals surface area contributed by atoms with Gasteiger partial charge in [0.2, 0.25) is 15.6 Å². The summed E-state index contributed by atoms with van der Waals surface area (Å²) in [5, 5.41) is 10.1. The van der Waals surface area contributed by atoms with Gasteiger partial charge in [-0.05, 0) is 55.8 Å². The van der Waals surface area contributed by atoms with E-state index in [-0.39, 0.29) is 23.6 Å². The second-order valence-electron chi connectivity index (χ2n) is 9.18. The van der Waals surface area contributed by atoms with Gasteiger partial charge in [-0.15, -0.1) is 0 Å². The Balaban J connectivity index is 1.81. The molecule has 2 aromatic rings. The van der Waals surface area contributed by atoms with Crippen LogP contribution in [-0.2, 0) is 21.2 Å². The number of sulfonamides is 1.